The molecule has 1 saturated heterocycles. The van der Waals surface area contributed by atoms with Gasteiger partial charge in [-0.3, -0.25) is 24.7 Å². The van der Waals surface area contributed by atoms with Crippen LogP contribution in [0.1, 0.15) is 25.3 Å². The van der Waals surface area contributed by atoms with Gasteiger partial charge in [-0.1, -0.05) is 49.4 Å². The number of anilines is 1. The van der Waals surface area contributed by atoms with Gasteiger partial charge >= 0.3 is 6.03 Å². The molecule has 0 radical (unpaired) electrons. The molecule has 2 aliphatic heterocycles. The minimum atomic E-state index is -1.26. The minimum absolute atomic E-state index is 0.109. The second kappa shape index (κ2) is 8.10. The van der Waals surface area contributed by atoms with Crippen molar-refractivity contribution in [2.45, 2.75) is 25.3 Å². The molecule has 2 N–H and O–H groups in total. The van der Waals surface area contributed by atoms with Crippen LogP contribution in [0.25, 0.3) is 0 Å². The molecular formula is C22H22N4O5. The number of rotatable bonds is 5. The quantitative estimate of drug-likeness (QED) is 0.713. The zero-order valence-electron chi connectivity index (χ0n) is 17.0. The smallest absolute Gasteiger partial charge is 0.344 e. The number of fused-ring (bicyclic) bond motifs is 1. The number of nitrogens with one attached hydrogen (secondary N) is 2. The van der Waals surface area contributed by atoms with E-state index < -0.39 is 23.4 Å². The van der Waals surface area contributed by atoms with Crippen molar-refractivity contribution in [2.75, 3.05) is 18.1 Å². The summed E-state index contributed by atoms with van der Waals surface area (Å²) in [5, 5.41) is 3.38. The van der Waals surface area contributed by atoms with Gasteiger partial charge in [0.25, 0.3) is 11.8 Å². The third-order valence-corrected chi connectivity index (χ3v) is 5.46. The molecule has 4 rings (SSSR count). The van der Waals surface area contributed by atoms with Crippen molar-refractivity contribution in [1.82, 2.24) is 15.8 Å². The predicted octanol–water partition coefficient (Wildman–Crippen LogP) is 1.69. The van der Waals surface area contributed by atoms with Crippen molar-refractivity contribution >= 4 is 29.4 Å². The Hall–Kier alpha value is -3.88. The van der Waals surface area contributed by atoms with E-state index in [1.165, 1.54) is 4.90 Å². The van der Waals surface area contributed by atoms with Gasteiger partial charge < -0.3 is 10.1 Å². The Balaban J connectivity index is 1.53. The van der Waals surface area contributed by atoms with Crippen LogP contribution in [0.2, 0.25) is 0 Å². The van der Waals surface area contributed by atoms with Crippen LogP contribution in [0.5, 0.6) is 5.75 Å². The highest BCUT2D eigenvalue weighted by Crippen LogP contribution is 2.32. The number of hydrazine groups is 1. The molecule has 0 spiro atoms. The first-order chi connectivity index (χ1) is 15.0. The highest BCUT2D eigenvalue weighted by atomic mass is 16.5. The number of nitrogens with zero attached hydrogens (tertiary/aromatic N) is 2. The van der Waals surface area contributed by atoms with Crippen LogP contribution >= 0.6 is 0 Å². The van der Waals surface area contributed by atoms with Crippen LogP contribution < -0.4 is 20.4 Å². The summed E-state index contributed by atoms with van der Waals surface area (Å²) in [6.07, 6.45) is 0.418. The van der Waals surface area contributed by atoms with Crippen LogP contribution in [0.4, 0.5) is 10.5 Å². The molecule has 9 nitrogen and oxygen atoms in total. The number of ether oxygens (including phenoxy) is 1. The first-order valence-corrected chi connectivity index (χ1v) is 10.00. The molecule has 31 heavy (non-hydrogen) atoms. The van der Waals surface area contributed by atoms with Gasteiger partial charge in [0.1, 0.15) is 17.8 Å². The molecule has 1 fully saturated rings. The Labute approximate surface area is 178 Å². The summed E-state index contributed by atoms with van der Waals surface area (Å²) in [6.45, 7) is 1.63. The predicted molar refractivity (Wildman–Crippen MR) is 111 cm³/mol. The summed E-state index contributed by atoms with van der Waals surface area (Å²) in [4.78, 5) is 52.3. The molecular weight excluding hydrogens is 400 g/mol. The second-order valence-electron chi connectivity index (χ2n) is 7.28. The molecule has 160 valence electrons. The van der Waals surface area contributed by atoms with Gasteiger partial charge in [0.2, 0.25) is 5.91 Å². The number of urea groups is 1. The fourth-order valence-corrected chi connectivity index (χ4v) is 3.84. The Morgan fingerprint density at radius 3 is 2.55 bits per heavy atom. The third kappa shape index (κ3) is 3.58. The maximum atomic E-state index is 13.1. The van der Waals surface area contributed by atoms with E-state index in [0.717, 1.165) is 0 Å². The Morgan fingerprint density at radius 1 is 1.10 bits per heavy atom. The SMILES string of the molecule is CC[C@]1(c2ccccc2)NC(=O)N(NC(=O)CN2C(=O)CCOc3ccccc32)C1=O. The minimum Gasteiger partial charge on any atom is -0.491 e. The molecule has 2 aromatic carbocycles. The van der Waals surface area contributed by atoms with Crippen molar-refractivity contribution in [1.29, 1.82) is 0 Å². The van der Waals surface area contributed by atoms with E-state index in [-0.39, 0.29) is 25.5 Å². The number of imide groups is 1. The lowest BCUT2D eigenvalue weighted by Crippen LogP contribution is -2.51. The topological polar surface area (TPSA) is 108 Å². The van der Waals surface area contributed by atoms with E-state index in [1.54, 1.807) is 55.5 Å². The van der Waals surface area contributed by atoms with Gasteiger partial charge in [0, 0.05) is 0 Å². The maximum absolute atomic E-state index is 13.1. The average molecular weight is 422 g/mol. The van der Waals surface area contributed by atoms with E-state index in [0.29, 0.717) is 28.4 Å². The fourth-order valence-electron chi connectivity index (χ4n) is 3.84. The highest BCUT2D eigenvalue weighted by molar-refractivity contribution is 6.09. The van der Waals surface area contributed by atoms with Crippen molar-refractivity contribution in [3.8, 4) is 5.75 Å². The van der Waals surface area contributed by atoms with Gasteiger partial charge in [0.15, 0.2) is 0 Å². The molecule has 0 saturated carbocycles. The molecule has 0 aromatic heterocycles. The lowest BCUT2D eigenvalue weighted by atomic mass is 9.87. The zero-order valence-corrected chi connectivity index (χ0v) is 17.0. The van der Waals surface area contributed by atoms with Gasteiger partial charge in [-0.15, -0.1) is 0 Å². The van der Waals surface area contributed by atoms with Gasteiger partial charge in [0.05, 0.1) is 18.7 Å². The van der Waals surface area contributed by atoms with Crippen molar-refractivity contribution < 1.29 is 23.9 Å². The van der Waals surface area contributed by atoms with Gasteiger partial charge in [-0.25, -0.2) is 4.79 Å². The van der Waals surface area contributed by atoms with Crippen LogP contribution in [-0.4, -0.2) is 41.9 Å². The summed E-state index contributed by atoms with van der Waals surface area (Å²) in [7, 11) is 0. The number of hydrogen-bond acceptors (Lipinski definition) is 5. The molecule has 0 bridgehead atoms. The second-order valence-corrected chi connectivity index (χ2v) is 7.28. The molecule has 1 atom stereocenters. The lowest BCUT2D eigenvalue weighted by molar-refractivity contribution is -0.139. The summed E-state index contributed by atoms with van der Waals surface area (Å²) < 4.78 is 5.57. The molecule has 0 unspecified atom stereocenters. The Morgan fingerprint density at radius 2 is 1.81 bits per heavy atom. The van der Waals surface area contributed by atoms with Crippen molar-refractivity contribution in [3.63, 3.8) is 0 Å². The fraction of sp³-hybridized carbons (Fsp3) is 0.273. The average Bonchev–Trinajstić information content (AvgIpc) is 2.92. The van der Waals surface area contributed by atoms with E-state index in [1.807, 2.05) is 6.07 Å². The van der Waals surface area contributed by atoms with E-state index >= 15 is 0 Å². The number of carbonyl (C=O) groups excluding carboxylic acids is 4. The number of benzene rings is 2. The number of hydrogen-bond donors (Lipinski definition) is 2. The molecule has 2 aromatic rings. The first-order valence-electron chi connectivity index (χ1n) is 10.00. The lowest BCUT2D eigenvalue weighted by Gasteiger charge is -2.26. The monoisotopic (exact) mass is 422 g/mol. The number of para-hydroxylation sites is 2. The molecule has 9 heteroatoms. The molecule has 5 amide bonds. The van der Waals surface area contributed by atoms with Crippen molar-refractivity contribution in [2.24, 2.45) is 0 Å². The normalized spacial score (nSPS) is 20.6. The van der Waals surface area contributed by atoms with Crippen LogP contribution in [0.15, 0.2) is 54.6 Å². The first kappa shape index (κ1) is 20.4. The third-order valence-electron chi connectivity index (χ3n) is 5.46. The molecule has 0 aliphatic carbocycles. The largest absolute Gasteiger partial charge is 0.491 e. The zero-order chi connectivity index (χ0) is 22.0. The van der Waals surface area contributed by atoms with E-state index in [4.69, 9.17) is 4.74 Å². The number of amides is 5. The standard InChI is InChI=1S/C22H22N4O5/c1-2-22(15-8-4-3-5-9-15)20(29)26(21(30)23-22)24-18(27)14-25-16-10-6-7-11-17(16)31-13-12-19(25)28/h3-11H,2,12-14H2,1H3,(H,23,30)(H,24,27)/t22-/m1/s1. The van der Waals surface area contributed by atoms with Crippen LogP contribution in [-0.2, 0) is 19.9 Å². The van der Waals surface area contributed by atoms with Crippen molar-refractivity contribution in [3.05, 3.63) is 60.2 Å². The molecule has 2 heterocycles. The van der Waals surface area contributed by atoms with E-state index in [9.17, 15) is 19.2 Å². The Bertz CT molecular complexity index is 1040. The summed E-state index contributed by atoms with van der Waals surface area (Å²) in [6, 6.07) is 15.0. The highest BCUT2D eigenvalue weighted by Gasteiger charge is 2.52. The van der Waals surface area contributed by atoms with Crippen LogP contribution in [0, 0.1) is 0 Å². The number of carbonyl (C=O) groups is 4. The summed E-state index contributed by atoms with van der Waals surface area (Å²) in [5.74, 6) is -1.05. The van der Waals surface area contributed by atoms with Crippen LogP contribution in [0.3, 0.4) is 0 Å². The maximum Gasteiger partial charge on any atom is 0.344 e. The van der Waals surface area contributed by atoms with Gasteiger partial charge in [-0.05, 0) is 24.1 Å². The van der Waals surface area contributed by atoms with Gasteiger partial charge in [-0.2, -0.15) is 5.01 Å². The summed E-state index contributed by atoms with van der Waals surface area (Å²) in [5.41, 5.74) is 2.18. The Kier molecular flexibility index (Phi) is 5.33. The molecule has 2 aliphatic rings. The van der Waals surface area contributed by atoms with E-state index in [2.05, 4.69) is 10.7 Å². The summed E-state index contributed by atoms with van der Waals surface area (Å²) >= 11 is 0.